The third kappa shape index (κ3) is 4.62. The maximum Gasteiger partial charge on any atom is 0.141 e. The van der Waals surface area contributed by atoms with Gasteiger partial charge in [-0.2, -0.15) is 0 Å². The number of nitrogens with zero attached hydrogens (tertiary/aromatic N) is 1. The van der Waals surface area contributed by atoms with Crippen molar-refractivity contribution >= 4 is 0 Å². The quantitative estimate of drug-likeness (QED) is 0.859. The molecule has 21 heavy (non-hydrogen) atoms. The van der Waals surface area contributed by atoms with Crippen molar-refractivity contribution in [3.05, 3.63) is 65.7 Å². The number of nitrogens with one attached hydrogen (secondary N) is 1. The van der Waals surface area contributed by atoms with Gasteiger partial charge in [0.05, 0.1) is 12.3 Å². The second-order valence-corrected chi connectivity index (χ2v) is 5.37. The molecule has 0 aliphatic rings. The average Bonchev–Trinajstić information content (AvgIpc) is 2.48. The fourth-order valence-corrected chi connectivity index (χ4v) is 2.30. The molecule has 4 heteroatoms. The number of aliphatic hydroxyl groups is 1. The SMILES string of the molecule is CC(NC(C)C(O)Cc1ccccc1)c1cncc(F)c1. The Bertz CT molecular complexity index is 562. The highest BCUT2D eigenvalue weighted by Crippen LogP contribution is 2.14. The van der Waals surface area contributed by atoms with Crippen LogP contribution in [0.25, 0.3) is 0 Å². The topological polar surface area (TPSA) is 45.1 Å². The van der Waals surface area contributed by atoms with Crippen molar-refractivity contribution in [2.24, 2.45) is 0 Å². The number of halogens is 1. The molecule has 2 rings (SSSR count). The molecule has 0 spiro atoms. The molecule has 0 amide bonds. The highest BCUT2D eigenvalue weighted by molar-refractivity contribution is 5.17. The Balaban J connectivity index is 1.92. The van der Waals surface area contributed by atoms with Crippen LogP contribution < -0.4 is 5.32 Å². The van der Waals surface area contributed by atoms with E-state index in [1.807, 2.05) is 44.2 Å². The lowest BCUT2D eigenvalue weighted by atomic mass is 10.0. The Kier molecular flexibility index (Phi) is 5.42. The van der Waals surface area contributed by atoms with Gasteiger partial charge in [-0.05, 0) is 37.5 Å². The van der Waals surface area contributed by atoms with Crippen LogP contribution in [0.3, 0.4) is 0 Å². The maximum atomic E-state index is 13.2. The fraction of sp³-hybridized carbons (Fsp3) is 0.353. The first kappa shape index (κ1) is 15.6. The minimum atomic E-state index is -0.503. The Morgan fingerprint density at radius 2 is 1.90 bits per heavy atom. The third-order valence-corrected chi connectivity index (χ3v) is 3.60. The minimum Gasteiger partial charge on any atom is -0.391 e. The molecule has 0 saturated heterocycles. The van der Waals surface area contributed by atoms with E-state index in [0.29, 0.717) is 6.42 Å². The van der Waals surface area contributed by atoms with Gasteiger partial charge in [0, 0.05) is 18.3 Å². The Labute approximate surface area is 124 Å². The summed E-state index contributed by atoms with van der Waals surface area (Å²) in [5, 5.41) is 13.6. The summed E-state index contributed by atoms with van der Waals surface area (Å²) in [6.45, 7) is 3.86. The van der Waals surface area contributed by atoms with Gasteiger partial charge in [-0.3, -0.25) is 4.98 Å². The molecule has 0 radical (unpaired) electrons. The first-order chi connectivity index (χ1) is 10.1. The van der Waals surface area contributed by atoms with Crippen LogP contribution in [0.15, 0.2) is 48.8 Å². The van der Waals surface area contributed by atoms with Crippen LogP contribution in [0.5, 0.6) is 0 Å². The minimum absolute atomic E-state index is 0.0753. The molecular formula is C17H21FN2O. The van der Waals surface area contributed by atoms with Crippen molar-refractivity contribution < 1.29 is 9.50 Å². The van der Waals surface area contributed by atoms with E-state index in [2.05, 4.69) is 10.3 Å². The zero-order valence-electron chi connectivity index (χ0n) is 12.3. The zero-order chi connectivity index (χ0) is 15.2. The molecule has 1 aromatic heterocycles. The lowest BCUT2D eigenvalue weighted by Crippen LogP contribution is -2.40. The highest BCUT2D eigenvalue weighted by Gasteiger charge is 2.17. The van der Waals surface area contributed by atoms with E-state index in [1.54, 1.807) is 6.20 Å². The van der Waals surface area contributed by atoms with Crippen LogP contribution in [0.4, 0.5) is 4.39 Å². The monoisotopic (exact) mass is 288 g/mol. The molecule has 3 nitrogen and oxygen atoms in total. The summed E-state index contributed by atoms with van der Waals surface area (Å²) >= 11 is 0. The molecule has 0 aliphatic carbocycles. The van der Waals surface area contributed by atoms with Crippen LogP contribution in [0, 0.1) is 5.82 Å². The molecule has 1 aromatic carbocycles. The number of hydrogen-bond donors (Lipinski definition) is 2. The van der Waals surface area contributed by atoms with Crippen molar-refractivity contribution in [3.63, 3.8) is 0 Å². The molecule has 0 aliphatic heterocycles. The van der Waals surface area contributed by atoms with E-state index >= 15 is 0 Å². The molecule has 1 heterocycles. The number of aliphatic hydroxyl groups excluding tert-OH is 1. The number of rotatable bonds is 6. The van der Waals surface area contributed by atoms with Crippen LogP contribution in [-0.4, -0.2) is 22.2 Å². The fourth-order valence-electron chi connectivity index (χ4n) is 2.30. The second-order valence-electron chi connectivity index (χ2n) is 5.37. The highest BCUT2D eigenvalue weighted by atomic mass is 19.1. The van der Waals surface area contributed by atoms with Gasteiger partial charge in [-0.1, -0.05) is 30.3 Å². The molecule has 0 saturated carbocycles. The molecule has 2 aromatic rings. The van der Waals surface area contributed by atoms with Gasteiger partial charge in [0.1, 0.15) is 5.82 Å². The predicted octanol–water partition coefficient (Wildman–Crippen LogP) is 2.86. The summed E-state index contributed by atoms with van der Waals surface area (Å²) in [6, 6.07) is 11.1. The van der Waals surface area contributed by atoms with Crippen LogP contribution in [0.2, 0.25) is 0 Å². The lowest BCUT2D eigenvalue weighted by Gasteiger charge is -2.24. The van der Waals surface area contributed by atoms with E-state index in [4.69, 9.17) is 0 Å². The Morgan fingerprint density at radius 3 is 2.57 bits per heavy atom. The van der Waals surface area contributed by atoms with Gasteiger partial charge in [-0.15, -0.1) is 0 Å². The van der Waals surface area contributed by atoms with Gasteiger partial charge < -0.3 is 10.4 Å². The van der Waals surface area contributed by atoms with Crippen LogP contribution in [-0.2, 0) is 6.42 Å². The van der Waals surface area contributed by atoms with Crippen molar-refractivity contribution in [1.29, 1.82) is 0 Å². The van der Waals surface area contributed by atoms with Crippen molar-refractivity contribution in [2.45, 2.75) is 38.5 Å². The summed E-state index contributed by atoms with van der Waals surface area (Å²) in [5.74, 6) is -0.348. The molecule has 0 bridgehead atoms. The summed E-state index contributed by atoms with van der Waals surface area (Å²) in [7, 11) is 0. The first-order valence-electron chi connectivity index (χ1n) is 7.14. The predicted molar refractivity (Wildman–Crippen MR) is 81.4 cm³/mol. The lowest BCUT2D eigenvalue weighted by molar-refractivity contribution is 0.129. The first-order valence-corrected chi connectivity index (χ1v) is 7.14. The Hall–Kier alpha value is -1.78. The van der Waals surface area contributed by atoms with Gasteiger partial charge in [0.25, 0.3) is 0 Å². The van der Waals surface area contributed by atoms with E-state index in [-0.39, 0.29) is 17.9 Å². The van der Waals surface area contributed by atoms with Gasteiger partial charge in [-0.25, -0.2) is 4.39 Å². The number of benzene rings is 1. The standard InChI is InChI=1S/C17H21FN2O/c1-12(15-9-16(18)11-19-10-15)20-13(2)17(21)8-14-6-4-3-5-7-14/h3-7,9-13,17,20-21H,8H2,1-2H3. The van der Waals surface area contributed by atoms with Crippen molar-refractivity contribution in [3.8, 4) is 0 Å². The average molecular weight is 288 g/mol. The van der Waals surface area contributed by atoms with Gasteiger partial charge in [0.15, 0.2) is 0 Å². The molecule has 2 N–H and O–H groups in total. The van der Waals surface area contributed by atoms with E-state index in [0.717, 1.165) is 11.1 Å². The summed E-state index contributed by atoms with van der Waals surface area (Å²) in [6.07, 6.45) is 2.90. The summed E-state index contributed by atoms with van der Waals surface area (Å²) in [5.41, 5.74) is 1.87. The molecule has 112 valence electrons. The smallest absolute Gasteiger partial charge is 0.141 e. The number of pyridine rings is 1. The largest absolute Gasteiger partial charge is 0.391 e. The Morgan fingerprint density at radius 1 is 1.19 bits per heavy atom. The van der Waals surface area contributed by atoms with Crippen molar-refractivity contribution in [2.75, 3.05) is 0 Å². The van der Waals surface area contributed by atoms with Gasteiger partial charge in [0.2, 0.25) is 0 Å². The number of aromatic nitrogens is 1. The second kappa shape index (κ2) is 7.29. The van der Waals surface area contributed by atoms with Crippen LogP contribution in [0.1, 0.15) is 31.0 Å². The number of hydrogen-bond acceptors (Lipinski definition) is 3. The third-order valence-electron chi connectivity index (χ3n) is 3.60. The molecule has 3 atom stereocenters. The normalized spacial score (nSPS) is 15.4. The zero-order valence-corrected chi connectivity index (χ0v) is 12.3. The summed E-state index contributed by atoms with van der Waals surface area (Å²) < 4.78 is 13.2. The molecular weight excluding hydrogens is 267 g/mol. The maximum absolute atomic E-state index is 13.2. The summed E-state index contributed by atoms with van der Waals surface area (Å²) in [4.78, 5) is 3.85. The van der Waals surface area contributed by atoms with E-state index in [9.17, 15) is 9.50 Å². The molecule has 3 unspecified atom stereocenters. The molecule has 0 fully saturated rings. The van der Waals surface area contributed by atoms with E-state index in [1.165, 1.54) is 12.3 Å². The van der Waals surface area contributed by atoms with E-state index < -0.39 is 6.10 Å². The van der Waals surface area contributed by atoms with Crippen LogP contribution >= 0.6 is 0 Å². The van der Waals surface area contributed by atoms with Gasteiger partial charge >= 0.3 is 0 Å². The van der Waals surface area contributed by atoms with Crippen molar-refractivity contribution in [1.82, 2.24) is 10.3 Å².